The van der Waals surface area contributed by atoms with E-state index < -0.39 is 0 Å². The lowest BCUT2D eigenvalue weighted by molar-refractivity contribution is 0.101. The lowest BCUT2D eigenvalue weighted by atomic mass is 9.99. The number of carbonyl (C=O) groups is 1. The van der Waals surface area contributed by atoms with Crippen molar-refractivity contribution in [3.8, 4) is 22.4 Å². The number of fused-ring (bicyclic) bond motifs is 1. The minimum absolute atomic E-state index is 0.0504. The van der Waals surface area contributed by atoms with Crippen molar-refractivity contribution >= 4 is 22.4 Å². The van der Waals surface area contributed by atoms with Gasteiger partial charge in [0.15, 0.2) is 5.78 Å². The van der Waals surface area contributed by atoms with E-state index in [0.29, 0.717) is 5.56 Å². The predicted octanol–water partition coefficient (Wildman–Crippen LogP) is 6.84. The van der Waals surface area contributed by atoms with Crippen molar-refractivity contribution in [3.63, 3.8) is 0 Å². The first-order valence-electron chi connectivity index (χ1n) is 9.95. The topological polar surface area (TPSA) is 42.0 Å². The predicted molar refractivity (Wildman–Crippen MR) is 124 cm³/mol. The lowest BCUT2D eigenvalue weighted by Crippen LogP contribution is -1.97. The largest absolute Gasteiger partial charge is 0.388 e. The van der Waals surface area contributed by atoms with E-state index in [0.717, 1.165) is 39.0 Å². The minimum Gasteiger partial charge on any atom is -0.388 e. The molecule has 0 aliphatic heterocycles. The van der Waals surface area contributed by atoms with Gasteiger partial charge in [0.1, 0.15) is 0 Å². The third-order valence-electron chi connectivity index (χ3n) is 4.78. The molecule has 0 saturated carbocycles. The number of hydrogen-bond acceptors (Lipinski definition) is 3. The fraction of sp³-hybridized carbons (Fsp3) is 0.154. The molecule has 0 aliphatic carbocycles. The van der Waals surface area contributed by atoms with Gasteiger partial charge in [0.05, 0.1) is 11.2 Å². The summed E-state index contributed by atoms with van der Waals surface area (Å²) < 4.78 is 0. The molecule has 1 aromatic heterocycles. The maximum Gasteiger partial charge on any atom is 0.160 e. The van der Waals surface area contributed by atoms with Crippen LogP contribution in [0.2, 0.25) is 0 Å². The zero-order valence-corrected chi connectivity index (χ0v) is 17.4. The number of Topliss-reactive ketones (excluding diaryl/α,β-unsaturated/α-hetero) is 1. The second-order valence-electron chi connectivity index (χ2n) is 6.50. The van der Waals surface area contributed by atoms with Crippen LogP contribution in [0.4, 0.5) is 5.69 Å². The van der Waals surface area contributed by atoms with Gasteiger partial charge in [0.2, 0.25) is 0 Å². The molecule has 0 bridgehead atoms. The highest BCUT2D eigenvalue weighted by atomic mass is 16.1. The smallest absolute Gasteiger partial charge is 0.160 e. The van der Waals surface area contributed by atoms with Crippen molar-refractivity contribution in [2.75, 3.05) is 12.4 Å². The Labute approximate surface area is 172 Å². The van der Waals surface area contributed by atoms with Crippen molar-refractivity contribution in [2.24, 2.45) is 0 Å². The highest BCUT2D eigenvalue weighted by Gasteiger charge is 2.11. The monoisotopic (exact) mass is 382 g/mol. The van der Waals surface area contributed by atoms with Crippen LogP contribution >= 0.6 is 0 Å². The van der Waals surface area contributed by atoms with Gasteiger partial charge in [-0.1, -0.05) is 74.5 Å². The van der Waals surface area contributed by atoms with Crippen LogP contribution in [0.25, 0.3) is 33.3 Å². The second-order valence-corrected chi connectivity index (χ2v) is 6.50. The fourth-order valence-electron chi connectivity index (χ4n) is 3.39. The van der Waals surface area contributed by atoms with E-state index >= 15 is 0 Å². The number of rotatable bonds is 4. The number of hydrogen-bond donors (Lipinski definition) is 1. The van der Waals surface area contributed by atoms with Crippen molar-refractivity contribution < 1.29 is 4.79 Å². The summed E-state index contributed by atoms with van der Waals surface area (Å²) in [6.07, 6.45) is 0. The highest BCUT2D eigenvalue weighted by Crippen LogP contribution is 2.30. The SMILES string of the molecule is CC.CNc1ccccc1-c1ccc(-c2cc(C(C)=O)c3ccccc3n2)cc1. The molecule has 0 atom stereocenters. The number of para-hydroxylation sites is 2. The van der Waals surface area contributed by atoms with Gasteiger partial charge in [-0.05, 0) is 30.7 Å². The van der Waals surface area contributed by atoms with Crippen LogP contribution in [-0.2, 0) is 0 Å². The van der Waals surface area contributed by atoms with Gasteiger partial charge in [0.25, 0.3) is 0 Å². The number of nitrogens with zero attached hydrogens (tertiary/aromatic N) is 1. The molecular formula is C26H26N2O. The molecular weight excluding hydrogens is 356 g/mol. The fourth-order valence-corrected chi connectivity index (χ4v) is 3.39. The van der Waals surface area contributed by atoms with E-state index in [1.165, 1.54) is 0 Å². The number of aromatic nitrogens is 1. The zero-order valence-electron chi connectivity index (χ0n) is 17.4. The van der Waals surface area contributed by atoms with Crippen LogP contribution in [0.15, 0.2) is 78.9 Å². The Balaban J connectivity index is 0.00000117. The van der Waals surface area contributed by atoms with Gasteiger partial charge in [-0.25, -0.2) is 4.98 Å². The van der Waals surface area contributed by atoms with E-state index in [4.69, 9.17) is 4.98 Å². The summed E-state index contributed by atoms with van der Waals surface area (Å²) in [4.78, 5) is 16.9. The van der Waals surface area contributed by atoms with Crippen LogP contribution in [0, 0.1) is 0 Å². The Hall–Kier alpha value is -3.46. The lowest BCUT2D eigenvalue weighted by Gasteiger charge is -2.11. The summed E-state index contributed by atoms with van der Waals surface area (Å²) in [5.41, 5.74) is 6.73. The molecule has 0 aliphatic rings. The van der Waals surface area contributed by atoms with Gasteiger partial charge in [-0.3, -0.25) is 4.79 Å². The first-order valence-corrected chi connectivity index (χ1v) is 9.95. The summed E-state index contributed by atoms with van der Waals surface area (Å²) in [6.45, 7) is 5.60. The number of pyridine rings is 1. The number of benzene rings is 3. The second kappa shape index (κ2) is 9.16. The van der Waals surface area contributed by atoms with Crippen LogP contribution < -0.4 is 5.32 Å². The van der Waals surface area contributed by atoms with Gasteiger partial charge in [0, 0.05) is 34.8 Å². The third-order valence-corrected chi connectivity index (χ3v) is 4.78. The first-order chi connectivity index (χ1) is 14.2. The molecule has 4 rings (SSSR count). The molecule has 1 N–H and O–H groups in total. The molecule has 0 fully saturated rings. The normalized spacial score (nSPS) is 10.2. The maximum absolute atomic E-state index is 12.1. The molecule has 0 saturated heterocycles. The first kappa shape index (κ1) is 20.3. The highest BCUT2D eigenvalue weighted by molar-refractivity contribution is 6.07. The van der Waals surface area contributed by atoms with Crippen LogP contribution in [0.3, 0.4) is 0 Å². The number of nitrogens with one attached hydrogen (secondary N) is 1. The van der Waals surface area contributed by atoms with Gasteiger partial charge in [-0.2, -0.15) is 0 Å². The molecule has 1 heterocycles. The molecule has 146 valence electrons. The van der Waals surface area contributed by atoms with Crippen molar-refractivity contribution in [1.29, 1.82) is 0 Å². The molecule has 4 aromatic rings. The minimum atomic E-state index is 0.0504. The van der Waals surface area contributed by atoms with Crippen LogP contribution in [0.1, 0.15) is 31.1 Å². The molecule has 3 nitrogen and oxygen atoms in total. The average molecular weight is 383 g/mol. The van der Waals surface area contributed by atoms with E-state index in [-0.39, 0.29) is 5.78 Å². The molecule has 29 heavy (non-hydrogen) atoms. The van der Waals surface area contributed by atoms with Crippen LogP contribution in [0.5, 0.6) is 0 Å². The van der Waals surface area contributed by atoms with E-state index in [1.54, 1.807) is 6.92 Å². The summed E-state index contributed by atoms with van der Waals surface area (Å²) in [5, 5.41) is 4.13. The molecule has 3 aromatic carbocycles. The Morgan fingerprint density at radius 1 is 0.828 bits per heavy atom. The summed E-state index contributed by atoms with van der Waals surface area (Å²) in [7, 11) is 1.93. The van der Waals surface area contributed by atoms with Crippen molar-refractivity contribution in [2.45, 2.75) is 20.8 Å². The number of anilines is 1. The molecule has 0 spiro atoms. The number of carbonyl (C=O) groups excluding carboxylic acids is 1. The average Bonchev–Trinajstić information content (AvgIpc) is 2.79. The molecule has 3 heteroatoms. The Bertz CT molecular complexity index is 1130. The van der Waals surface area contributed by atoms with E-state index in [9.17, 15) is 4.79 Å². The van der Waals surface area contributed by atoms with Gasteiger partial charge >= 0.3 is 0 Å². The molecule has 0 unspecified atom stereocenters. The van der Waals surface area contributed by atoms with Crippen molar-refractivity contribution in [3.05, 3.63) is 84.4 Å². The quantitative estimate of drug-likeness (QED) is 0.393. The Morgan fingerprint density at radius 3 is 2.14 bits per heavy atom. The Morgan fingerprint density at radius 2 is 1.45 bits per heavy atom. The standard InChI is InChI=1S/C24H20N2O.C2H6/c1-16(27)21-15-24(26-23-10-6-4-8-20(21)23)18-13-11-17(12-14-18)19-7-3-5-9-22(19)25-2;1-2/h3-15,25H,1-2H3;1-2H3. The maximum atomic E-state index is 12.1. The summed E-state index contributed by atoms with van der Waals surface area (Å²) in [6, 6.07) is 26.2. The molecule has 0 amide bonds. The summed E-state index contributed by atoms with van der Waals surface area (Å²) in [5.74, 6) is 0.0504. The zero-order chi connectivity index (χ0) is 20.8. The third kappa shape index (κ3) is 4.19. The van der Waals surface area contributed by atoms with Crippen LogP contribution in [-0.4, -0.2) is 17.8 Å². The van der Waals surface area contributed by atoms with Crippen molar-refractivity contribution in [1.82, 2.24) is 4.98 Å². The number of ketones is 1. The molecule has 0 radical (unpaired) electrons. The van der Waals surface area contributed by atoms with E-state index in [2.05, 4.69) is 41.7 Å². The summed E-state index contributed by atoms with van der Waals surface area (Å²) >= 11 is 0. The Kier molecular flexibility index (Phi) is 6.40. The van der Waals surface area contributed by atoms with E-state index in [1.807, 2.05) is 63.4 Å². The van der Waals surface area contributed by atoms with Gasteiger partial charge < -0.3 is 5.32 Å². The van der Waals surface area contributed by atoms with Gasteiger partial charge in [-0.15, -0.1) is 0 Å².